The Morgan fingerprint density at radius 2 is 1.96 bits per heavy atom. The highest BCUT2D eigenvalue weighted by atomic mass is 16.2. The normalized spacial score (nSPS) is 25.4. The fourth-order valence-electron chi connectivity index (χ4n) is 4.45. The average Bonchev–Trinajstić information content (AvgIpc) is 2.94. The largest absolute Gasteiger partial charge is 0.346 e. The lowest BCUT2D eigenvalue weighted by Crippen LogP contribution is -2.60. The number of H-pyrrole nitrogens is 1. The van der Waals surface area contributed by atoms with Gasteiger partial charge in [0, 0.05) is 69.6 Å². The summed E-state index contributed by atoms with van der Waals surface area (Å²) in [6.45, 7) is 6.18. The Labute approximate surface area is 158 Å². The van der Waals surface area contributed by atoms with Crippen molar-refractivity contribution < 1.29 is 4.79 Å². The molecular formula is C19H28N6O2. The molecular weight excluding hydrogens is 344 g/mol. The monoisotopic (exact) mass is 372 g/mol. The van der Waals surface area contributed by atoms with E-state index in [0.717, 1.165) is 50.4 Å². The smallest absolute Gasteiger partial charge is 0.272 e. The molecule has 2 aromatic rings. The number of aromatic nitrogens is 3. The van der Waals surface area contributed by atoms with E-state index in [0.29, 0.717) is 18.6 Å². The molecule has 0 aromatic carbocycles. The Balaban J connectivity index is 1.55. The molecule has 4 rings (SSSR count). The predicted octanol–water partition coefficient (Wildman–Crippen LogP) is 0.460. The van der Waals surface area contributed by atoms with E-state index in [4.69, 9.17) is 0 Å². The van der Waals surface area contributed by atoms with Gasteiger partial charge in [0.25, 0.3) is 5.56 Å². The van der Waals surface area contributed by atoms with Crippen molar-refractivity contribution in [2.75, 3.05) is 40.3 Å². The van der Waals surface area contributed by atoms with Crippen LogP contribution in [0.4, 0.5) is 0 Å². The molecule has 4 heterocycles. The molecule has 27 heavy (non-hydrogen) atoms. The van der Waals surface area contributed by atoms with Gasteiger partial charge < -0.3 is 4.90 Å². The van der Waals surface area contributed by atoms with E-state index in [-0.39, 0.29) is 17.0 Å². The molecule has 8 nitrogen and oxygen atoms in total. The van der Waals surface area contributed by atoms with E-state index in [1.165, 1.54) is 4.52 Å². The second-order valence-corrected chi connectivity index (χ2v) is 8.14. The standard InChI is InChI=1S/C19H28N6O2/c1-14-10-16-20-15(11-18(27)25(16)21-14)12-24-9-8-23(3)19(13-24)5-4-17(26)22(2)7-6-19/h10-11,21H,4-9,12-13H2,1-3H3/t19-/m0/s1. The summed E-state index contributed by atoms with van der Waals surface area (Å²) in [5.41, 5.74) is 2.33. The molecule has 8 heteroatoms. The minimum absolute atomic E-state index is 0.0164. The van der Waals surface area contributed by atoms with Gasteiger partial charge in [-0.3, -0.25) is 24.5 Å². The fourth-order valence-corrected chi connectivity index (χ4v) is 4.45. The highest BCUT2D eigenvalue weighted by Gasteiger charge is 2.41. The second kappa shape index (κ2) is 6.76. The number of piperazine rings is 1. The van der Waals surface area contributed by atoms with Crippen molar-refractivity contribution in [3.63, 3.8) is 0 Å². The summed E-state index contributed by atoms with van der Waals surface area (Å²) in [5.74, 6) is 0.236. The molecule has 2 aromatic heterocycles. The number of nitrogens with zero attached hydrogens (tertiary/aromatic N) is 5. The zero-order valence-electron chi connectivity index (χ0n) is 16.4. The van der Waals surface area contributed by atoms with Gasteiger partial charge >= 0.3 is 0 Å². The summed E-state index contributed by atoms with van der Waals surface area (Å²) in [6, 6.07) is 3.52. The van der Waals surface area contributed by atoms with Gasteiger partial charge in [0.05, 0.1) is 5.69 Å². The molecule has 146 valence electrons. The number of hydrogen-bond donors (Lipinski definition) is 1. The number of amides is 1. The van der Waals surface area contributed by atoms with Crippen LogP contribution in [0.15, 0.2) is 16.9 Å². The Kier molecular flexibility index (Phi) is 4.55. The molecule has 0 aliphatic carbocycles. The first-order valence-corrected chi connectivity index (χ1v) is 9.62. The van der Waals surface area contributed by atoms with Crippen LogP contribution in [0.3, 0.4) is 0 Å². The van der Waals surface area contributed by atoms with Crippen LogP contribution in [0.2, 0.25) is 0 Å². The summed E-state index contributed by atoms with van der Waals surface area (Å²) >= 11 is 0. The van der Waals surface area contributed by atoms with Gasteiger partial charge in [-0.05, 0) is 26.8 Å². The highest BCUT2D eigenvalue weighted by Crippen LogP contribution is 2.32. The molecule has 1 N–H and O–H groups in total. The second-order valence-electron chi connectivity index (χ2n) is 8.14. The van der Waals surface area contributed by atoms with Crippen LogP contribution in [0.25, 0.3) is 5.65 Å². The molecule has 2 aliphatic rings. The Hall–Kier alpha value is -2.19. The van der Waals surface area contributed by atoms with Crippen LogP contribution in [-0.4, -0.2) is 81.0 Å². The maximum atomic E-state index is 12.3. The number of aromatic amines is 1. The van der Waals surface area contributed by atoms with E-state index < -0.39 is 0 Å². The molecule has 0 radical (unpaired) electrons. The van der Waals surface area contributed by atoms with E-state index in [1.54, 1.807) is 6.07 Å². The number of aryl methyl sites for hydroxylation is 1. The molecule has 1 spiro atoms. The van der Waals surface area contributed by atoms with E-state index in [1.807, 2.05) is 24.9 Å². The van der Waals surface area contributed by atoms with Crippen molar-refractivity contribution in [3.8, 4) is 0 Å². The molecule has 1 amide bonds. The van der Waals surface area contributed by atoms with Crippen LogP contribution >= 0.6 is 0 Å². The maximum absolute atomic E-state index is 12.3. The van der Waals surface area contributed by atoms with Gasteiger partial charge in [0.15, 0.2) is 5.65 Å². The van der Waals surface area contributed by atoms with Gasteiger partial charge in [0.1, 0.15) is 0 Å². The number of nitrogens with one attached hydrogen (secondary N) is 1. The lowest BCUT2D eigenvalue weighted by atomic mass is 9.86. The summed E-state index contributed by atoms with van der Waals surface area (Å²) in [4.78, 5) is 35.8. The SMILES string of the molecule is Cc1cc2nc(CN3CCN(C)[C@]4(CCC(=O)N(C)CC4)C3)cc(=O)n2[nH]1. The number of hydrogen-bond acceptors (Lipinski definition) is 5. The minimum Gasteiger partial charge on any atom is -0.346 e. The van der Waals surface area contributed by atoms with E-state index in [9.17, 15) is 9.59 Å². The van der Waals surface area contributed by atoms with Gasteiger partial charge in [0.2, 0.25) is 5.91 Å². The first kappa shape index (κ1) is 18.2. The van der Waals surface area contributed by atoms with Crippen LogP contribution in [0.1, 0.15) is 30.7 Å². The highest BCUT2D eigenvalue weighted by molar-refractivity contribution is 5.76. The van der Waals surface area contributed by atoms with Gasteiger partial charge in [-0.25, -0.2) is 9.50 Å². The first-order valence-electron chi connectivity index (χ1n) is 9.62. The Bertz CT molecular complexity index is 919. The summed E-state index contributed by atoms with van der Waals surface area (Å²) in [5, 5.41) is 3.01. The quantitative estimate of drug-likeness (QED) is 0.829. The molecule has 2 fully saturated rings. The van der Waals surface area contributed by atoms with Gasteiger partial charge in [-0.2, -0.15) is 0 Å². The van der Waals surface area contributed by atoms with Crippen LogP contribution in [-0.2, 0) is 11.3 Å². The predicted molar refractivity (Wildman–Crippen MR) is 103 cm³/mol. The van der Waals surface area contributed by atoms with Crippen LogP contribution in [0.5, 0.6) is 0 Å². The molecule has 0 unspecified atom stereocenters. The lowest BCUT2D eigenvalue weighted by molar-refractivity contribution is -0.129. The third-order valence-electron chi connectivity index (χ3n) is 6.24. The maximum Gasteiger partial charge on any atom is 0.272 e. The zero-order chi connectivity index (χ0) is 19.2. The fraction of sp³-hybridized carbons (Fsp3) is 0.632. The topological polar surface area (TPSA) is 77.0 Å². The number of likely N-dealkylation sites (N-methyl/N-ethyl adjacent to an activating group) is 1. The van der Waals surface area contributed by atoms with Crippen molar-refractivity contribution in [3.05, 3.63) is 33.9 Å². The Morgan fingerprint density at radius 3 is 2.78 bits per heavy atom. The van der Waals surface area contributed by atoms with Crippen molar-refractivity contribution in [1.82, 2.24) is 29.3 Å². The zero-order valence-corrected chi connectivity index (χ0v) is 16.4. The van der Waals surface area contributed by atoms with Crippen molar-refractivity contribution in [1.29, 1.82) is 0 Å². The summed E-state index contributed by atoms with van der Waals surface area (Å²) in [6.07, 6.45) is 2.46. The molecule has 2 aliphatic heterocycles. The number of carbonyl (C=O) groups is 1. The molecule has 1 atom stereocenters. The number of fused-ring (bicyclic) bond motifs is 1. The van der Waals surface area contributed by atoms with E-state index >= 15 is 0 Å². The van der Waals surface area contributed by atoms with Crippen molar-refractivity contribution >= 4 is 11.6 Å². The molecule has 2 saturated heterocycles. The van der Waals surface area contributed by atoms with Gasteiger partial charge in [-0.15, -0.1) is 0 Å². The van der Waals surface area contributed by atoms with E-state index in [2.05, 4.69) is 26.9 Å². The number of likely N-dealkylation sites (tertiary alicyclic amines) is 1. The van der Waals surface area contributed by atoms with Crippen molar-refractivity contribution in [2.45, 2.75) is 38.3 Å². The summed E-state index contributed by atoms with van der Waals surface area (Å²) < 4.78 is 1.48. The van der Waals surface area contributed by atoms with Crippen LogP contribution in [0, 0.1) is 6.92 Å². The third kappa shape index (κ3) is 3.39. The number of rotatable bonds is 2. The average molecular weight is 372 g/mol. The molecule has 0 saturated carbocycles. The van der Waals surface area contributed by atoms with Crippen LogP contribution < -0.4 is 5.56 Å². The lowest BCUT2D eigenvalue weighted by Gasteiger charge is -2.49. The van der Waals surface area contributed by atoms with Gasteiger partial charge in [-0.1, -0.05) is 0 Å². The number of carbonyl (C=O) groups excluding carboxylic acids is 1. The van der Waals surface area contributed by atoms with Crippen molar-refractivity contribution in [2.24, 2.45) is 0 Å². The third-order valence-corrected chi connectivity index (χ3v) is 6.24. The minimum atomic E-state index is -0.0753. The summed E-state index contributed by atoms with van der Waals surface area (Å²) in [7, 11) is 4.07. The first-order chi connectivity index (χ1) is 12.9. The Morgan fingerprint density at radius 1 is 1.15 bits per heavy atom. The molecule has 0 bridgehead atoms.